The minimum atomic E-state index is 0.208. The van der Waals surface area contributed by atoms with Crippen LogP contribution in [0, 0.1) is 0 Å². The first-order valence-electron chi connectivity index (χ1n) is 6.04. The maximum atomic E-state index is 5.96. The van der Waals surface area contributed by atoms with Gasteiger partial charge in [-0.1, -0.05) is 29.8 Å². The number of nitrogens with two attached hydrogens (primary N) is 1. The fourth-order valence-electron chi connectivity index (χ4n) is 2.00. The van der Waals surface area contributed by atoms with Crippen LogP contribution in [0.15, 0.2) is 42.5 Å². The van der Waals surface area contributed by atoms with Gasteiger partial charge in [-0.15, -0.1) is 0 Å². The zero-order valence-electron chi connectivity index (χ0n) is 10.8. The SMILES string of the molecule is CN(c1ccccc1)c1nc(N)nc2ccc(Cl)nc12. The number of aromatic nitrogens is 3. The van der Waals surface area contributed by atoms with Crippen molar-refractivity contribution < 1.29 is 0 Å². The van der Waals surface area contributed by atoms with Crippen LogP contribution in [0.1, 0.15) is 0 Å². The molecule has 0 aliphatic carbocycles. The molecule has 0 fully saturated rings. The predicted molar refractivity (Wildman–Crippen MR) is 81.3 cm³/mol. The van der Waals surface area contributed by atoms with Crippen molar-refractivity contribution in [2.75, 3.05) is 17.7 Å². The highest BCUT2D eigenvalue weighted by molar-refractivity contribution is 6.29. The molecule has 0 aliphatic rings. The lowest BCUT2D eigenvalue weighted by atomic mass is 10.2. The molecule has 0 spiro atoms. The minimum Gasteiger partial charge on any atom is -0.368 e. The smallest absolute Gasteiger partial charge is 0.222 e. The number of hydrogen-bond acceptors (Lipinski definition) is 5. The van der Waals surface area contributed by atoms with E-state index in [1.807, 2.05) is 42.3 Å². The monoisotopic (exact) mass is 285 g/mol. The fourth-order valence-corrected chi connectivity index (χ4v) is 2.15. The van der Waals surface area contributed by atoms with Crippen LogP contribution in [-0.4, -0.2) is 22.0 Å². The molecular weight excluding hydrogens is 274 g/mol. The molecular formula is C14H12ClN5. The van der Waals surface area contributed by atoms with E-state index in [-0.39, 0.29) is 5.95 Å². The van der Waals surface area contributed by atoms with E-state index in [1.54, 1.807) is 12.1 Å². The van der Waals surface area contributed by atoms with Gasteiger partial charge in [0, 0.05) is 12.7 Å². The third-order valence-electron chi connectivity index (χ3n) is 2.97. The Morgan fingerprint density at radius 1 is 1.00 bits per heavy atom. The molecule has 0 radical (unpaired) electrons. The summed E-state index contributed by atoms with van der Waals surface area (Å²) in [4.78, 5) is 14.7. The van der Waals surface area contributed by atoms with Crippen molar-refractivity contribution in [3.63, 3.8) is 0 Å². The van der Waals surface area contributed by atoms with E-state index in [2.05, 4.69) is 15.0 Å². The van der Waals surface area contributed by atoms with Gasteiger partial charge >= 0.3 is 0 Å². The molecule has 2 N–H and O–H groups in total. The Kier molecular flexibility index (Phi) is 3.12. The predicted octanol–water partition coefficient (Wildman–Crippen LogP) is 3.03. The minimum absolute atomic E-state index is 0.208. The molecule has 0 saturated carbocycles. The van der Waals surface area contributed by atoms with E-state index < -0.39 is 0 Å². The molecule has 0 amide bonds. The highest BCUT2D eigenvalue weighted by Crippen LogP contribution is 2.28. The highest BCUT2D eigenvalue weighted by atomic mass is 35.5. The average Bonchev–Trinajstić information content (AvgIpc) is 2.47. The molecule has 100 valence electrons. The van der Waals surface area contributed by atoms with Gasteiger partial charge in [0.05, 0.1) is 5.52 Å². The first-order chi connectivity index (χ1) is 9.65. The van der Waals surface area contributed by atoms with Crippen molar-refractivity contribution in [2.24, 2.45) is 0 Å². The quantitative estimate of drug-likeness (QED) is 0.733. The second kappa shape index (κ2) is 4.94. The van der Waals surface area contributed by atoms with Gasteiger partial charge in [-0.3, -0.25) is 0 Å². The zero-order valence-corrected chi connectivity index (χ0v) is 11.5. The Morgan fingerprint density at radius 2 is 1.75 bits per heavy atom. The van der Waals surface area contributed by atoms with E-state index in [9.17, 15) is 0 Å². The van der Waals surface area contributed by atoms with Crippen LogP contribution in [0.3, 0.4) is 0 Å². The summed E-state index contributed by atoms with van der Waals surface area (Å²) in [5, 5.41) is 0.397. The van der Waals surface area contributed by atoms with Crippen molar-refractivity contribution in [3.05, 3.63) is 47.6 Å². The van der Waals surface area contributed by atoms with Crippen molar-refractivity contribution in [2.45, 2.75) is 0 Å². The van der Waals surface area contributed by atoms with Gasteiger partial charge < -0.3 is 10.6 Å². The van der Waals surface area contributed by atoms with Crippen LogP contribution in [0.25, 0.3) is 11.0 Å². The molecule has 0 aliphatic heterocycles. The Hall–Kier alpha value is -2.40. The molecule has 1 aromatic carbocycles. The molecule has 0 unspecified atom stereocenters. The molecule has 20 heavy (non-hydrogen) atoms. The van der Waals surface area contributed by atoms with E-state index in [0.29, 0.717) is 22.0 Å². The summed E-state index contributed by atoms with van der Waals surface area (Å²) >= 11 is 5.96. The van der Waals surface area contributed by atoms with Crippen molar-refractivity contribution in [1.29, 1.82) is 0 Å². The number of para-hydroxylation sites is 1. The lowest BCUT2D eigenvalue weighted by molar-refractivity contribution is 1.11. The van der Waals surface area contributed by atoms with Gasteiger partial charge in [0.25, 0.3) is 0 Å². The molecule has 3 rings (SSSR count). The van der Waals surface area contributed by atoms with Gasteiger partial charge in [-0.25, -0.2) is 9.97 Å². The topological polar surface area (TPSA) is 67.9 Å². The molecule has 0 atom stereocenters. The number of fused-ring (bicyclic) bond motifs is 1. The molecule has 2 aromatic heterocycles. The maximum absolute atomic E-state index is 5.96. The summed E-state index contributed by atoms with van der Waals surface area (Å²) in [5.41, 5.74) is 8.04. The Bertz CT molecular complexity index is 760. The summed E-state index contributed by atoms with van der Waals surface area (Å²) in [6.45, 7) is 0. The van der Waals surface area contributed by atoms with Gasteiger partial charge in [0.2, 0.25) is 5.95 Å². The summed E-state index contributed by atoms with van der Waals surface area (Å²) < 4.78 is 0. The third-order valence-corrected chi connectivity index (χ3v) is 3.18. The molecule has 0 bridgehead atoms. The molecule has 6 heteroatoms. The molecule has 0 saturated heterocycles. The number of benzene rings is 1. The number of halogens is 1. The number of hydrogen-bond donors (Lipinski definition) is 1. The fraction of sp³-hybridized carbons (Fsp3) is 0.0714. The van der Waals surface area contributed by atoms with Crippen molar-refractivity contribution in [3.8, 4) is 0 Å². The van der Waals surface area contributed by atoms with Crippen LogP contribution in [0.2, 0.25) is 5.15 Å². The van der Waals surface area contributed by atoms with Gasteiger partial charge in [-0.2, -0.15) is 4.98 Å². The van der Waals surface area contributed by atoms with Gasteiger partial charge in [-0.05, 0) is 24.3 Å². The van der Waals surface area contributed by atoms with Crippen molar-refractivity contribution >= 4 is 40.1 Å². The first-order valence-corrected chi connectivity index (χ1v) is 6.41. The average molecular weight is 286 g/mol. The Morgan fingerprint density at radius 3 is 2.50 bits per heavy atom. The van der Waals surface area contributed by atoms with Gasteiger partial charge in [0.15, 0.2) is 5.82 Å². The van der Waals surface area contributed by atoms with Crippen LogP contribution in [-0.2, 0) is 0 Å². The Balaban J connectivity index is 2.22. The second-order valence-electron chi connectivity index (χ2n) is 4.30. The van der Waals surface area contributed by atoms with E-state index in [0.717, 1.165) is 5.69 Å². The number of anilines is 3. The van der Waals surface area contributed by atoms with E-state index in [1.165, 1.54) is 0 Å². The Labute approximate surface area is 121 Å². The number of nitrogens with zero attached hydrogens (tertiary/aromatic N) is 4. The lowest BCUT2D eigenvalue weighted by Gasteiger charge is -2.19. The summed E-state index contributed by atoms with van der Waals surface area (Å²) in [6.07, 6.45) is 0. The van der Waals surface area contributed by atoms with Crippen LogP contribution in [0.4, 0.5) is 17.5 Å². The van der Waals surface area contributed by atoms with Gasteiger partial charge in [0.1, 0.15) is 10.7 Å². The molecule has 3 aromatic rings. The summed E-state index contributed by atoms with van der Waals surface area (Å²) in [6, 6.07) is 13.3. The van der Waals surface area contributed by atoms with Crippen LogP contribution < -0.4 is 10.6 Å². The van der Waals surface area contributed by atoms with E-state index in [4.69, 9.17) is 17.3 Å². The number of pyridine rings is 1. The maximum Gasteiger partial charge on any atom is 0.222 e. The molecule has 2 heterocycles. The number of nitrogen functional groups attached to an aromatic ring is 1. The summed E-state index contributed by atoms with van der Waals surface area (Å²) in [7, 11) is 1.90. The molecule has 5 nitrogen and oxygen atoms in total. The largest absolute Gasteiger partial charge is 0.368 e. The normalized spacial score (nSPS) is 10.7. The van der Waals surface area contributed by atoms with Crippen molar-refractivity contribution in [1.82, 2.24) is 15.0 Å². The first kappa shape index (κ1) is 12.6. The zero-order chi connectivity index (χ0) is 14.1. The summed E-state index contributed by atoms with van der Waals surface area (Å²) in [5.74, 6) is 0.834. The highest BCUT2D eigenvalue weighted by Gasteiger charge is 2.13. The third kappa shape index (κ3) is 2.23. The lowest BCUT2D eigenvalue weighted by Crippen LogP contribution is -2.13. The number of rotatable bonds is 2. The van der Waals surface area contributed by atoms with Crippen LogP contribution >= 0.6 is 11.6 Å². The van der Waals surface area contributed by atoms with E-state index >= 15 is 0 Å². The standard InChI is InChI=1S/C14H12ClN5/c1-20(9-5-3-2-4-6-9)13-12-10(17-14(16)19-13)7-8-11(15)18-12/h2-8H,1H3,(H2,16,17,19). The second-order valence-corrected chi connectivity index (χ2v) is 4.69. The van der Waals surface area contributed by atoms with Crippen LogP contribution in [0.5, 0.6) is 0 Å².